The first kappa shape index (κ1) is 19.1. The van der Waals surface area contributed by atoms with Gasteiger partial charge in [0.1, 0.15) is 0 Å². The van der Waals surface area contributed by atoms with Gasteiger partial charge in [-0.3, -0.25) is 4.79 Å². The third kappa shape index (κ3) is 4.90. The van der Waals surface area contributed by atoms with Gasteiger partial charge in [0.2, 0.25) is 15.9 Å². The fraction of sp³-hybridized carbons (Fsp3) is 0.316. The van der Waals surface area contributed by atoms with E-state index in [2.05, 4.69) is 5.32 Å². The van der Waals surface area contributed by atoms with Gasteiger partial charge in [-0.25, -0.2) is 12.7 Å². The van der Waals surface area contributed by atoms with Crippen molar-refractivity contribution in [2.75, 3.05) is 19.4 Å². The van der Waals surface area contributed by atoms with E-state index >= 15 is 0 Å². The summed E-state index contributed by atoms with van der Waals surface area (Å²) in [5.41, 5.74) is 3.88. The highest BCUT2D eigenvalue weighted by Gasteiger charge is 2.16. The minimum absolute atomic E-state index is 0.0568. The zero-order valence-corrected chi connectivity index (χ0v) is 15.9. The fourth-order valence-corrected chi connectivity index (χ4v) is 3.28. The number of nitrogens with one attached hydrogen (secondary N) is 1. The number of carbonyl (C=O) groups excluding carboxylic acids is 1. The highest BCUT2D eigenvalue weighted by atomic mass is 32.2. The van der Waals surface area contributed by atoms with Gasteiger partial charge in [0, 0.05) is 26.2 Å². The summed E-state index contributed by atoms with van der Waals surface area (Å²) in [7, 11) is -0.419. The third-order valence-electron chi connectivity index (χ3n) is 4.01. The summed E-state index contributed by atoms with van der Waals surface area (Å²) in [6.45, 7) is 3.94. The van der Waals surface area contributed by atoms with Crippen molar-refractivity contribution < 1.29 is 13.2 Å². The van der Waals surface area contributed by atoms with E-state index in [-0.39, 0.29) is 10.8 Å². The first-order valence-electron chi connectivity index (χ1n) is 8.09. The van der Waals surface area contributed by atoms with Crippen molar-refractivity contribution >= 4 is 21.6 Å². The molecule has 25 heavy (non-hydrogen) atoms. The van der Waals surface area contributed by atoms with Crippen molar-refractivity contribution in [2.24, 2.45) is 0 Å². The molecule has 0 radical (unpaired) electrons. The second kappa shape index (κ2) is 7.80. The first-order chi connectivity index (χ1) is 11.7. The molecule has 0 aliphatic heterocycles. The molecule has 0 saturated heterocycles. The number of rotatable bonds is 6. The zero-order valence-electron chi connectivity index (χ0n) is 15.0. The van der Waals surface area contributed by atoms with E-state index in [0.717, 1.165) is 22.4 Å². The molecule has 2 rings (SSSR count). The minimum Gasteiger partial charge on any atom is -0.326 e. The topological polar surface area (TPSA) is 66.5 Å². The molecular weight excluding hydrogens is 336 g/mol. The fourth-order valence-electron chi connectivity index (χ4n) is 2.38. The number of hydrogen-bond donors (Lipinski definition) is 1. The summed E-state index contributed by atoms with van der Waals surface area (Å²) in [5.74, 6) is -0.0568. The highest BCUT2D eigenvalue weighted by Crippen LogP contribution is 2.18. The molecule has 1 N–H and O–H groups in total. The maximum Gasteiger partial charge on any atom is 0.242 e. The molecule has 6 heteroatoms. The Labute approximate surface area is 149 Å². The van der Waals surface area contributed by atoms with Crippen LogP contribution in [0.3, 0.4) is 0 Å². The van der Waals surface area contributed by atoms with E-state index in [1.807, 2.05) is 32.0 Å². The van der Waals surface area contributed by atoms with Gasteiger partial charge in [-0.05, 0) is 55.2 Å². The summed E-state index contributed by atoms with van der Waals surface area (Å²) >= 11 is 0. The van der Waals surface area contributed by atoms with Crippen LogP contribution in [0, 0.1) is 13.8 Å². The Bertz CT molecular complexity index is 857. The monoisotopic (exact) mass is 360 g/mol. The molecule has 0 aliphatic carbocycles. The lowest BCUT2D eigenvalue weighted by Gasteiger charge is -2.12. The smallest absolute Gasteiger partial charge is 0.242 e. The molecule has 0 fully saturated rings. The summed E-state index contributed by atoms with van der Waals surface area (Å²) < 4.78 is 25.2. The van der Waals surface area contributed by atoms with Gasteiger partial charge in [0.25, 0.3) is 0 Å². The average molecular weight is 360 g/mol. The molecule has 0 aromatic heterocycles. The number of hydrogen-bond acceptors (Lipinski definition) is 3. The minimum atomic E-state index is -3.42. The number of carbonyl (C=O) groups is 1. The molecule has 0 heterocycles. The first-order valence-corrected chi connectivity index (χ1v) is 9.53. The highest BCUT2D eigenvalue weighted by molar-refractivity contribution is 7.89. The number of aryl methyl sites for hydroxylation is 3. The number of anilines is 1. The van der Waals surface area contributed by atoms with Crippen LogP contribution in [-0.2, 0) is 21.2 Å². The van der Waals surface area contributed by atoms with Gasteiger partial charge in [-0.1, -0.05) is 24.3 Å². The molecule has 5 nitrogen and oxygen atoms in total. The van der Waals surface area contributed by atoms with Crippen LogP contribution in [0.5, 0.6) is 0 Å². The van der Waals surface area contributed by atoms with Gasteiger partial charge in [0.05, 0.1) is 4.90 Å². The molecule has 0 aliphatic rings. The van der Waals surface area contributed by atoms with Crippen molar-refractivity contribution in [3.05, 3.63) is 59.2 Å². The summed E-state index contributed by atoms with van der Waals surface area (Å²) in [6.07, 6.45) is 0.895. The van der Waals surface area contributed by atoms with Crippen LogP contribution in [0.1, 0.15) is 23.1 Å². The Hall–Kier alpha value is -2.18. The SMILES string of the molecule is Cc1ccc(C)c(NC(=O)CCc2ccc(S(=O)(=O)N(C)C)cc2)c1. The lowest BCUT2D eigenvalue weighted by Crippen LogP contribution is -2.22. The molecular formula is C19H24N2O3S. The van der Waals surface area contributed by atoms with Gasteiger partial charge in [-0.15, -0.1) is 0 Å². The second-order valence-corrected chi connectivity index (χ2v) is 8.45. The van der Waals surface area contributed by atoms with Gasteiger partial charge in [0.15, 0.2) is 0 Å². The van der Waals surface area contributed by atoms with E-state index in [0.29, 0.717) is 12.8 Å². The third-order valence-corrected chi connectivity index (χ3v) is 5.84. The van der Waals surface area contributed by atoms with E-state index in [1.165, 1.54) is 18.4 Å². The Morgan fingerprint density at radius 3 is 2.28 bits per heavy atom. The van der Waals surface area contributed by atoms with E-state index in [9.17, 15) is 13.2 Å². The molecule has 2 aromatic carbocycles. The molecule has 134 valence electrons. The van der Waals surface area contributed by atoms with Crippen LogP contribution in [-0.4, -0.2) is 32.7 Å². The number of benzene rings is 2. The maximum atomic E-state index is 12.2. The normalized spacial score (nSPS) is 11.6. The lowest BCUT2D eigenvalue weighted by molar-refractivity contribution is -0.116. The van der Waals surface area contributed by atoms with Crippen LogP contribution in [0.2, 0.25) is 0 Å². The molecule has 0 atom stereocenters. The van der Waals surface area contributed by atoms with Crippen molar-refractivity contribution in [1.29, 1.82) is 0 Å². The Kier molecular flexibility index (Phi) is 5.98. The second-order valence-electron chi connectivity index (χ2n) is 6.30. The average Bonchev–Trinajstić information content (AvgIpc) is 2.56. The quantitative estimate of drug-likeness (QED) is 0.861. The Morgan fingerprint density at radius 1 is 1.04 bits per heavy atom. The van der Waals surface area contributed by atoms with Crippen LogP contribution in [0.15, 0.2) is 47.4 Å². The summed E-state index contributed by atoms with van der Waals surface area (Å²) in [4.78, 5) is 12.4. The number of sulfonamides is 1. The van der Waals surface area contributed by atoms with Crippen molar-refractivity contribution in [3.63, 3.8) is 0 Å². The van der Waals surface area contributed by atoms with Crippen LogP contribution in [0.4, 0.5) is 5.69 Å². The van der Waals surface area contributed by atoms with Crippen LogP contribution < -0.4 is 5.32 Å². The van der Waals surface area contributed by atoms with Crippen molar-refractivity contribution in [1.82, 2.24) is 4.31 Å². The standard InChI is InChI=1S/C19H24N2O3S/c1-14-5-6-15(2)18(13-14)20-19(22)12-9-16-7-10-17(11-8-16)25(23,24)21(3)4/h5-8,10-11,13H,9,12H2,1-4H3,(H,20,22). The summed E-state index contributed by atoms with van der Waals surface area (Å²) in [5, 5.41) is 2.93. The number of amides is 1. The predicted octanol–water partition coefficient (Wildman–Crippen LogP) is 3.13. The van der Waals surface area contributed by atoms with E-state index in [1.54, 1.807) is 24.3 Å². The van der Waals surface area contributed by atoms with Gasteiger partial charge < -0.3 is 5.32 Å². The van der Waals surface area contributed by atoms with Crippen LogP contribution >= 0.6 is 0 Å². The van der Waals surface area contributed by atoms with Crippen molar-refractivity contribution in [3.8, 4) is 0 Å². The molecule has 1 amide bonds. The Morgan fingerprint density at radius 2 is 1.68 bits per heavy atom. The molecule has 0 unspecified atom stereocenters. The molecule has 0 bridgehead atoms. The largest absolute Gasteiger partial charge is 0.326 e. The summed E-state index contributed by atoms with van der Waals surface area (Å²) in [6, 6.07) is 12.6. The van der Waals surface area contributed by atoms with Crippen molar-refractivity contribution in [2.45, 2.75) is 31.6 Å². The van der Waals surface area contributed by atoms with Gasteiger partial charge in [-0.2, -0.15) is 0 Å². The van der Waals surface area contributed by atoms with Gasteiger partial charge >= 0.3 is 0 Å². The molecule has 0 spiro atoms. The molecule has 2 aromatic rings. The maximum absolute atomic E-state index is 12.2. The number of nitrogens with zero attached hydrogens (tertiary/aromatic N) is 1. The van der Waals surface area contributed by atoms with E-state index in [4.69, 9.17) is 0 Å². The van der Waals surface area contributed by atoms with E-state index < -0.39 is 10.0 Å². The Balaban J connectivity index is 1.97. The predicted molar refractivity (Wildman–Crippen MR) is 100 cm³/mol. The zero-order chi connectivity index (χ0) is 18.6. The van der Waals surface area contributed by atoms with Crippen LogP contribution in [0.25, 0.3) is 0 Å². The molecule has 0 saturated carbocycles. The lowest BCUT2D eigenvalue weighted by atomic mass is 10.1.